The Hall–Kier alpha value is -4.37. The van der Waals surface area contributed by atoms with Gasteiger partial charge in [0.05, 0.1) is 24.9 Å². The summed E-state index contributed by atoms with van der Waals surface area (Å²) in [6, 6.07) is 20.0. The predicted octanol–water partition coefficient (Wildman–Crippen LogP) is 5.16. The minimum Gasteiger partial charge on any atom is -0.497 e. The van der Waals surface area contributed by atoms with Gasteiger partial charge in [-0.3, -0.25) is 9.59 Å². The standard InChI is InChI=1S/C34H40N4O5/c1-23-6-5-7-27(20-23)37-16-14-25(15-17-37)30-26(22-35(2)18-19-36(3)34(41)42)10-13-29-31(30)32(39)33(40)38(29)21-24-8-11-28(43-4)12-9-24/h5-13,20,25H,14-19,21-22H2,1-4H3,(H,41,42). The first kappa shape index (κ1) is 30.1. The first-order valence-corrected chi connectivity index (χ1v) is 14.8. The summed E-state index contributed by atoms with van der Waals surface area (Å²) >= 11 is 0. The molecule has 0 aromatic heterocycles. The molecule has 0 unspecified atom stereocenters. The Balaban J connectivity index is 1.45. The highest BCUT2D eigenvalue weighted by Crippen LogP contribution is 2.42. The van der Waals surface area contributed by atoms with Crippen molar-refractivity contribution in [3.05, 3.63) is 88.5 Å². The van der Waals surface area contributed by atoms with Gasteiger partial charge in [0, 0.05) is 45.5 Å². The molecule has 0 radical (unpaired) electrons. The zero-order chi connectivity index (χ0) is 30.7. The zero-order valence-corrected chi connectivity index (χ0v) is 25.4. The molecule has 0 atom stereocenters. The first-order valence-electron chi connectivity index (χ1n) is 14.8. The Morgan fingerprint density at radius 1 is 1.00 bits per heavy atom. The molecule has 2 heterocycles. The number of hydrogen-bond acceptors (Lipinski definition) is 6. The summed E-state index contributed by atoms with van der Waals surface area (Å²) in [7, 11) is 5.12. The number of amides is 2. The lowest BCUT2D eigenvalue weighted by atomic mass is 9.82. The summed E-state index contributed by atoms with van der Waals surface area (Å²) in [5, 5.41) is 9.26. The molecule has 9 heteroatoms. The molecule has 2 aliphatic heterocycles. The molecule has 1 N–H and O–H groups in total. The number of benzene rings is 3. The second-order valence-electron chi connectivity index (χ2n) is 11.6. The van der Waals surface area contributed by atoms with Crippen LogP contribution in [0, 0.1) is 6.92 Å². The molecule has 1 saturated heterocycles. The fourth-order valence-electron chi connectivity index (χ4n) is 6.17. The second kappa shape index (κ2) is 12.9. The van der Waals surface area contributed by atoms with Crippen LogP contribution in [0.25, 0.3) is 0 Å². The van der Waals surface area contributed by atoms with Crippen LogP contribution in [0.5, 0.6) is 5.75 Å². The number of Topliss-reactive ketones (excluding diaryl/α,β-unsaturated/α-hetero) is 1. The van der Waals surface area contributed by atoms with Gasteiger partial charge in [-0.05, 0) is 85.3 Å². The molecule has 2 amide bonds. The van der Waals surface area contributed by atoms with Crippen LogP contribution < -0.4 is 14.5 Å². The number of hydrogen-bond donors (Lipinski definition) is 1. The number of methoxy groups -OCH3 is 1. The first-order chi connectivity index (χ1) is 20.7. The quantitative estimate of drug-likeness (QED) is 0.329. The van der Waals surface area contributed by atoms with Crippen LogP contribution in [0.2, 0.25) is 0 Å². The summed E-state index contributed by atoms with van der Waals surface area (Å²) in [6.45, 7) is 5.57. The minimum atomic E-state index is -0.965. The van der Waals surface area contributed by atoms with Crippen molar-refractivity contribution in [2.45, 2.75) is 38.8 Å². The van der Waals surface area contributed by atoms with Crippen molar-refractivity contribution >= 4 is 29.2 Å². The molecule has 0 saturated carbocycles. The monoisotopic (exact) mass is 584 g/mol. The van der Waals surface area contributed by atoms with E-state index in [-0.39, 0.29) is 5.92 Å². The van der Waals surface area contributed by atoms with Crippen LogP contribution in [0.3, 0.4) is 0 Å². The van der Waals surface area contributed by atoms with Gasteiger partial charge in [0.1, 0.15) is 5.75 Å². The number of carboxylic acid groups (broad SMARTS) is 1. The average molecular weight is 585 g/mol. The van der Waals surface area contributed by atoms with E-state index < -0.39 is 17.8 Å². The van der Waals surface area contributed by atoms with Crippen molar-refractivity contribution < 1.29 is 24.2 Å². The SMILES string of the molecule is COc1ccc(CN2C(=O)C(=O)c3c2ccc(CN(C)CCN(C)C(=O)O)c3C2CCN(c3cccc(C)c3)CC2)cc1. The number of carbonyl (C=O) groups excluding carboxylic acids is 2. The summed E-state index contributed by atoms with van der Waals surface area (Å²) in [4.78, 5) is 45.8. The van der Waals surface area contributed by atoms with Gasteiger partial charge in [-0.15, -0.1) is 0 Å². The number of fused-ring (bicyclic) bond motifs is 1. The van der Waals surface area contributed by atoms with Crippen molar-refractivity contribution in [3.8, 4) is 5.75 Å². The second-order valence-corrected chi connectivity index (χ2v) is 11.6. The van der Waals surface area contributed by atoms with E-state index in [0.29, 0.717) is 37.4 Å². The third kappa shape index (κ3) is 6.51. The maximum atomic E-state index is 13.7. The van der Waals surface area contributed by atoms with Gasteiger partial charge >= 0.3 is 6.09 Å². The van der Waals surface area contributed by atoms with E-state index in [2.05, 4.69) is 41.0 Å². The third-order valence-corrected chi connectivity index (χ3v) is 8.62. The molecule has 9 nitrogen and oxygen atoms in total. The maximum Gasteiger partial charge on any atom is 0.407 e. The number of likely N-dealkylation sites (N-methyl/N-ethyl adjacent to an activating group) is 2. The number of nitrogens with zero attached hydrogens (tertiary/aromatic N) is 4. The van der Waals surface area contributed by atoms with Crippen LogP contribution in [0.4, 0.5) is 16.2 Å². The molecule has 43 heavy (non-hydrogen) atoms. The minimum absolute atomic E-state index is 0.124. The van der Waals surface area contributed by atoms with Gasteiger partial charge in [-0.1, -0.05) is 30.3 Å². The smallest absolute Gasteiger partial charge is 0.407 e. The van der Waals surface area contributed by atoms with Gasteiger partial charge in [0.25, 0.3) is 11.7 Å². The molecule has 0 bridgehead atoms. The number of piperidine rings is 1. The molecule has 5 rings (SSSR count). The molecule has 0 spiro atoms. The molecular weight excluding hydrogens is 544 g/mol. The lowest BCUT2D eigenvalue weighted by molar-refractivity contribution is -0.114. The highest BCUT2D eigenvalue weighted by molar-refractivity contribution is 6.52. The lowest BCUT2D eigenvalue weighted by Crippen LogP contribution is -2.35. The Morgan fingerprint density at radius 2 is 1.72 bits per heavy atom. The van der Waals surface area contributed by atoms with Gasteiger partial charge in [-0.2, -0.15) is 0 Å². The largest absolute Gasteiger partial charge is 0.497 e. The van der Waals surface area contributed by atoms with Gasteiger partial charge in [-0.25, -0.2) is 4.79 Å². The van der Waals surface area contributed by atoms with Crippen LogP contribution >= 0.6 is 0 Å². The van der Waals surface area contributed by atoms with E-state index in [1.807, 2.05) is 43.4 Å². The molecule has 2 aliphatic rings. The van der Waals surface area contributed by atoms with Crippen molar-refractivity contribution in [1.82, 2.24) is 9.80 Å². The Kier molecular flexibility index (Phi) is 9.01. The topological polar surface area (TPSA) is 93.6 Å². The van der Waals surface area contributed by atoms with Crippen molar-refractivity contribution in [2.24, 2.45) is 0 Å². The molecular formula is C34H40N4O5. The molecule has 3 aromatic carbocycles. The molecule has 1 fully saturated rings. The molecule has 0 aliphatic carbocycles. The van der Waals surface area contributed by atoms with E-state index in [1.54, 1.807) is 19.1 Å². The third-order valence-electron chi connectivity index (χ3n) is 8.62. The number of carbonyl (C=O) groups is 3. The van der Waals surface area contributed by atoms with Crippen LogP contribution in [-0.2, 0) is 17.9 Å². The van der Waals surface area contributed by atoms with Crippen molar-refractivity contribution in [2.75, 3.05) is 57.2 Å². The summed E-state index contributed by atoms with van der Waals surface area (Å²) in [5.74, 6) is -0.0954. The van der Waals surface area contributed by atoms with Crippen LogP contribution in [0.1, 0.15) is 51.4 Å². The number of anilines is 2. The summed E-state index contributed by atoms with van der Waals surface area (Å²) in [6.07, 6.45) is 0.763. The fourth-order valence-corrected chi connectivity index (χ4v) is 6.17. The van der Waals surface area contributed by atoms with Gasteiger partial charge in [0.15, 0.2) is 0 Å². The van der Waals surface area contributed by atoms with E-state index in [0.717, 1.165) is 48.4 Å². The Bertz CT molecular complexity index is 1500. The van der Waals surface area contributed by atoms with Crippen LogP contribution in [-0.4, -0.2) is 80.1 Å². The Morgan fingerprint density at radius 3 is 2.37 bits per heavy atom. The number of aryl methyl sites for hydroxylation is 1. The highest BCUT2D eigenvalue weighted by Gasteiger charge is 2.40. The number of ether oxygens (including phenoxy) is 1. The Labute approximate surface area is 253 Å². The number of rotatable bonds is 10. The zero-order valence-electron chi connectivity index (χ0n) is 25.4. The highest BCUT2D eigenvalue weighted by atomic mass is 16.5. The molecule has 3 aromatic rings. The normalized spacial score (nSPS) is 15.3. The lowest BCUT2D eigenvalue weighted by Gasteiger charge is -2.36. The number of ketones is 1. The molecule has 226 valence electrons. The maximum absolute atomic E-state index is 13.7. The van der Waals surface area contributed by atoms with Gasteiger partial charge in [0.2, 0.25) is 0 Å². The fraction of sp³-hybridized carbons (Fsp3) is 0.382. The summed E-state index contributed by atoms with van der Waals surface area (Å²) in [5.41, 5.74) is 6.52. The van der Waals surface area contributed by atoms with Crippen LogP contribution in [0.15, 0.2) is 60.7 Å². The van der Waals surface area contributed by atoms with Crippen molar-refractivity contribution in [3.63, 3.8) is 0 Å². The van der Waals surface area contributed by atoms with E-state index in [4.69, 9.17) is 4.74 Å². The van der Waals surface area contributed by atoms with Crippen molar-refractivity contribution in [1.29, 1.82) is 0 Å². The van der Waals surface area contributed by atoms with E-state index in [1.165, 1.54) is 16.2 Å². The average Bonchev–Trinajstić information content (AvgIpc) is 3.24. The van der Waals surface area contributed by atoms with Gasteiger partial charge < -0.3 is 29.4 Å². The summed E-state index contributed by atoms with van der Waals surface area (Å²) < 4.78 is 5.27. The van der Waals surface area contributed by atoms with E-state index in [9.17, 15) is 19.5 Å². The van der Waals surface area contributed by atoms with E-state index >= 15 is 0 Å². The predicted molar refractivity (Wildman–Crippen MR) is 167 cm³/mol.